The summed E-state index contributed by atoms with van der Waals surface area (Å²) in [4.78, 5) is 12.1. The van der Waals surface area contributed by atoms with Crippen LogP contribution in [0.5, 0.6) is 5.75 Å². The van der Waals surface area contributed by atoms with Crippen molar-refractivity contribution in [2.75, 3.05) is 0 Å². The fourth-order valence-corrected chi connectivity index (χ4v) is 0.748. The van der Waals surface area contributed by atoms with Gasteiger partial charge in [0.05, 0.1) is 4.92 Å². The minimum absolute atomic E-state index is 0.218. The van der Waals surface area contributed by atoms with Gasteiger partial charge in [0.2, 0.25) is 5.39 Å². The van der Waals surface area contributed by atoms with Gasteiger partial charge >= 0.3 is 11.4 Å². The maximum Gasteiger partial charge on any atom is 0.433 e. The molecule has 0 aliphatic rings. The zero-order chi connectivity index (χ0) is 9.14. The molecule has 0 bridgehead atoms. The van der Waals surface area contributed by atoms with Gasteiger partial charge in [-0.15, -0.1) is 0 Å². The van der Waals surface area contributed by atoms with Crippen LogP contribution in [0.4, 0.5) is 11.4 Å². The number of nitro groups is 1. The number of para-hydroxylation sites is 1. The number of aromatic hydroxyl groups is 1. The molecule has 1 aromatic rings. The summed E-state index contributed by atoms with van der Waals surface area (Å²) in [6.45, 7) is 0. The Morgan fingerprint density at radius 2 is 2.25 bits per heavy atom. The van der Waals surface area contributed by atoms with Gasteiger partial charge in [0.25, 0.3) is 5.75 Å². The van der Waals surface area contributed by atoms with E-state index in [1.54, 1.807) is 0 Å². The molecule has 0 unspecified atom stereocenters. The van der Waals surface area contributed by atoms with Gasteiger partial charge in [-0.25, -0.2) is 0 Å². The molecule has 0 fully saturated rings. The molecule has 6 heteroatoms. The summed E-state index contributed by atoms with van der Waals surface area (Å²) >= 11 is 0. The van der Waals surface area contributed by atoms with Crippen LogP contribution < -0.4 is 0 Å². The largest absolute Gasteiger partial charge is 0.496 e. The first kappa shape index (κ1) is 7.94. The van der Waals surface area contributed by atoms with E-state index in [0.717, 1.165) is 6.07 Å². The quantitative estimate of drug-likeness (QED) is 0.391. The van der Waals surface area contributed by atoms with Crippen molar-refractivity contribution in [3.05, 3.63) is 33.3 Å². The van der Waals surface area contributed by atoms with Crippen LogP contribution in [0.1, 0.15) is 0 Å². The fraction of sp³-hybridized carbons (Fsp3) is 0. The molecule has 1 N–H and O–H groups in total. The lowest BCUT2D eigenvalue weighted by Crippen LogP contribution is -1.87. The smallest absolute Gasteiger partial charge is 0.433 e. The maximum atomic E-state index is 10.2. The summed E-state index contributed by atoms with van der Waals surface area (Å²) in [5.74, 6) is -0.634. The van der Waals surface area contributed by atoms with E-state index in [9.17, 15) is 10.1 Å². The van der Waals surface area contributed by atoms with Gasteiger partial charge in [-0.05, 0) is 6.07 Å². The van der Waals surface area contributed by atoms with Crippen molar-refractivity contribution in [2.45, 2.75) is 0 Å². The van der Waals surface area contributed by atoms with E-state index >= 15 is 0 Å². The Labute approximate surface area is 66.8 Å². The number of diazo groups is 1. The fourth-order valence-electron chi connectivity index (χ4n) is 0.748. The maximum absolute atomic E-state index is 10.2. The molecule has 0 aliphatic carbocycles. The van der Waals surface area contributed by atoms with Crippen LogP contribution in [0.25, 0.3) is 4.98 Å². The summed E-state index contributed by atoms with van der Waals surface area (Å²) in [5, 5.41) is 27.5. The number of phenolic OH excluding ortho intramolecular Hbond substituents is 1. The second-order valence-corrected chi connectivity index (χ2v) is 2.00. The molecule has 0 amide bonds. The Morgan fingerprint density at radius 1 is 1.58 bits per heavy atom. The van der Waals surface area contributed by atoms with Gasteiger partial charge in [0, 0.05) is 12.1 Å². The molecule has 1 rings (SSSR count). The SMILES string of the molecule is N#[N+]c1cccc([N+](=O)[O-])c1O. The average Bonchev–Trinajstić information content (AvgIpc) is 2.04. The molecule has 0 saturated carbocycles. The third kappa shape index (κ3) is 1.15. The van der Waals surface area contributed by atoms with Gasteiger partial charge < -0.3 is 5.11 Å². The number of hydrogen-bond donors (Lipinski definition) is 1. The molecule has 1 aromatic carbocycles. The van der Waals surface area contributed by atoms with E-state index in [-0.39, 0.29) is 5.69 Å². The predicted molar refractivity (Wildman–Crippen MR) is 39.5 cm³/mol. The van der Waals surface area contributed by atoms with Crippen LogP contribution in [0.3, 0.4) is 0 Å². The Balaban J connectivity index is 3.35. The molecule has 0 aliphatic heterocycles. The Hall–Kier alpha value is -2.16. The molecular weight excluding hydrogens is 162 g/mol. The molecule has 0 saturated heterocycles. The number of nitrogens with zero attached hydrogens (tertiary/aromatic N) is 3. The Morgan fingerprint density at radius 3 is 2.75 bits per heavy atom. The predicted octanol–water partition coefficient (Wildman–Crippen LogP) is 1.78. The van der Waals surface area contributed by atoms with E-state index in [0.29, 0.717) is 0 Å². The van der Waals surface area contributed by atoms with Gasteiger partial charge in [0.15, 0.2) is 4.98 Å². The van der Waals surface area contributed by atoms with Crippen LogP contribution in [-0.2, 0) is 0 Å². The van der Waals surface area contributed by atoms with Crippen LogP contribution in [0.2, 0.25) is 0 Å². The van der Waals surface area contributed by atoms with Crippen molar-refractivity contribution in [1.82, 2.24) is 0 Å². The normalized spacial score (nSPS) is 8.92. The van der Waals surface area contributed by atoms with E-state index in [2.05, 4.69) is 4.98 Å². The van der Waals surface area contributed by atoms with Crippen molar-refractivity contribution >= 4 is 11.4 Å². The lowest BCUT2D eigenvalue weighted by molar-refractivity contribution is -0.385. The molecule has 12 heavy (non-hydrogen) atoms. The van der Waals surface area contributed by atoms with Crippen molar-refractivity contribution in [2.24, 2.45) is 0 Å². The number of nitro benzene ring substituents is 1. The lowest BCUT2D eigenvalue weighted by atomic mass is 10.2. The van der Waals surface area contributed by atoms with Crippen LogP contribution in [0.15, 0.2) is 18.2 Å². The van der Waals surface area contributed by atoms with Crippen LogP contribution >= 0.6 is 0 Å². The third-order valence-electron chi connectivity index (χ3n) is 1.30. The van der Waals surface area contributed by atoms with Crippen LogP contribution in [0, 0.1) is 15.5 Å². The first-order valence-electron chi connectivity index (χ1n) is 2.98. The summed E-state index contributed by atoms with van der Waals surface area (Å²) in [6.07, 6.45) is 0. The molecular formula is C6H4N3O3+. The number of hydrogen-bond acceptors (Lipinski definition) is 4. The third-order valence-corrected chi connectivity index (χ3v) is 1.30. The summed E-state index contributed by atoms with van der Waals surface area (Å²) in [6, 6.07) is 3.68. The highest BCUT2D eigenvalue weighted by atomic mass is 16.6. The Bertz CT molecular complexity index is 369. The molecule has 60 valence electrons. The van der Waals surface area contributed by atoms with Crippen LogP contribution in [-0.4, -0.2) is 10.0 Å². The molecule has 0 aromatic heterocycles. The zero-order valence-electron chi connectivity index (χ0n) is 5.84. The second kappa shape index (κ2) is 2.84. The monoisotopic (exact) mass is 166 g/mol. The van der Waals surface area contributed by atoms with E-state index in [4.69, 9.17) is 10.5 Å². The highest BCUT2D eigenvalue weighted by molar-refractivity contribution is 5.65. The topological polar surface area (TPSA) is 91.5 Å². The first-order chi connectivity index (χ1) is 5.66. The molecule has 0 radical (unpaired) electrons. The molecule has 0 heterocycles. The van der Waals surface area contributed by atoms with Gasteiger partial charge in [-0.1, -0.05) is 0 Å². The number of benzene rings is 1. The Kier molecular flexibility index (Phi) is 1.88. The summed E-state index contributed by atoms with van der Waals surface area (Å²) in [7, 11) is 0. The summed E-state index contributed by atoms with van der Waals surface area (Å²) < 4.78 is 0. The van der Waals surface area contributed by atoms with E-state index < -0.39 is 16.4 Å². The first-order valence-corrected chi connectivity index (χ1v) is 2.98. The molecule has 6 nitrogen and oxygen atoms in total. The number of rotatable bonds is 1. The second-order valence-electron chi connectivity index (χ2n) is 2.00. The minimum Gasteiger partial charge on any atom is -0.496 e. The van der Waals surface area contributed by atoms with Crippen molar-refractivity contribution in [1.29, 1.82) is 5.39 Å². The van der Waals surface area contributed by atoms with Gasteiger partial charge in [-0.3, -0.25) is 10.1 Å². The number of phenols is 1. The standard InChI is InChI=1S/C6H3N3O3/c7-8-4-2-1-3-5(6(4)10)9(11)12/h1-3H/p+1. The van der Waals surface area contributed by atoms with E-state index in [1.165, 1.54) is 12.1 Å². The van der Waals surface area contributed by atoms with Crippen molar-refractivity contribution in [3.8, 4) is 5.75 Å². The average molecular weight is 166 g/mol. The highest BCUT2D eigenvalue weighted by Crippen LogP contribution is 2.34. The summed E-state index contributed by atoms with van der Waals surface area (Å²) in [5.41, 5.74) is -0.700. The van der Waals surface area contributed by atoms with Gasteiger partial charge in [-0.2, -0.15) is 0 Å². The van der Waals surface area contributed by atoms with Crippen molar-refractivity contribution < 1.29 is 10.0 Å². The van der Waals surface area contributed by atoms with Crippen molar-refractivity contribution in [3.63, 3.8) is 0 Å². The lowest BCUT2D eigenvalue weighted by Gasteiger charge is -1.89. The molecule has 0 spiro atoms. The minimum atomic E-state index is -0.760. The zero-order valence-corrected chi connectivity index (χ0v) is 5.84. The molecule has 0 atom stereocenters. The highest BCUT2D eigenvalue weighted by Gasteiger charge is 2.23. The van der Waals surface area contributed by atoms with Gasteiger partial charge in [0.1, 0.15) is 0 Å². The van der Waals surface area contributed by atoms with E-state index in [1.807, 2.05) is 0 Å².